The van der Waals surface area contributed by atoms with E-state index >= 15 is 0 Å². The lowest BCUT2D eigenvalue weighted by Crippen LogP contribution is -2.29. The smallest absolute Gasteiger partial charge is 0.349 e. The van der Waals surface area contributed by atoms with Gasteiger partial charge in [0, 0.05) is 24.4 Å². The van der Waals surface area contributed by atoms with Gasteiger partial charge in [-0.25, -0.2) is 4.79 Å². The molecule has 0 unspecified atom stereocenters. The van der Waals surface area contributed by atoms with E-state index in [4.69, 9.17) is 5.11 Å². The largest absolute Gasteiger partial charge is 0.477 e. The molecule has 1 aliphatic heterocycles. The molecule has 1 heterocycles. The summed E-state index contributed by atoms with van der Waals surface area (Å²) >= 11 is 0. The van der Waals surface area contributed by atoms with Crippen LogP contribution in [0.3, 0.4) is 0 Å². The maximum Gasteiger partial charge on any atom is 0.349 e. The molecule has 1 saturated carbocycles. The highest BCUT2D eigenvalue weighted by atomic mass is 32.2. The van der Waals surface area contributed by atoms with Gasteiger partial charge in [0.2, 0.25) is 0 Å². The first-order valence-electron chi connectivity index (χ1n) is 5.51. The zero-order valence-electron chi connectivity index (χ0n) is 9.22. The van der Waals surface area contributed by atoms with Crippen LogP contribution in [0, 0.1) is 0 Å². The predicted octanol–water partition coefficient (Wildman–Crippen LogP) is 0.272. The lowest BCUT2D eigenvalue weighted by Gasteiger charge is -2.11. The molecule has 17 heavy (non-hydrogen) atoms. The Morgan fingerprint density at radius 3 is 2.71 bits per heavy atom. The first-order chi connectivity index (χ1) is 8.00. The van der Waals surface area contributed by atoms with Gasteiger partial charge in [-0.05, 0) is 12.8 Å². The molecule has 0 amide bonds. The first-order valence-corrected chi connectivity index (χ1v) is 6.95. The Labute approximate surface area is 99.5 Å². The summed E-state index contributed by atoms with van der Waals surface area (Å²) < 4.78 is 25.9. The van der Waals surface area contributed by atoms with Gasteiger partial charge in [0.1, 0.15) is 0 Å². The first kappa shape index (κ1) is 12.3. The number of nitrogens with zero attached hydrogens (tertiary/aromatic N) is 1. The van der Waals surface area contributed by atoms with Crippen LogP contribution in [0.25, 0.3) is 0 Å². The number of nitrogens with one attached hydrogen (secondary N) is 1. The van der Waals surface area contributed by atoms with E-state index < -0.39 is 20.9 Å². The van der Waals surface area contributed by atoms with E-state index in [9.17, 15) is 13.2 Å². The van der Waals surface area contributed by atoms with E-state index in [2.05, 4.69) is 9.71 Å². The van der Waals surface area contributed by atoms with Crippen molar-refractivity contribution in [2.45, 2.75) is 31.7 Å². The molecular formula is C10H14N2O4S. The topological polar surface area (TPSA) is 95.8 Å². The second-order valence-corrected chi connectivity index (χ2v) is 5.80. The monoisotopic (exact) mass is 258 g/mol. The molecule has 0 saturated heterocycles. The molecule has 0 bridgehead atoms. The van der Waals surface area contributed by atoms with Crippen LogP contribution < -0.4 is 5.32 Å². The summed E-state index contributed by atoms with van der Waals surface area (Å²) in [6, 6.07) is 0.356. The number of carboxylic acid groups (broad SMARTS) is 1. The fourth-order valence-electron chi connectivity index (χ4n) is 2.17. The molecular weight excluding hydrogens is 244 g/mol. The van der Waals surface area contributed by atoms with Crippen molar-refractivity contribution in [1.29, 1.82) is 0 Å². The van der Waals surface area contributed by atoms with E-state index in [0.717, 1.165) is 31.9 Å². The summed E-state index contributed by atoms with van der Waals surface area (Å²) in [6.45, 7) is 0.245. The summed E-state index contributed by atoms with van der Waals surface area (Å²) in [5, 5.41) is 12.0. The van der Waals surface area contributed by atoms with E-state index in [1.54, 1.807) is 0 Å². The molecule has 0 aromatic heterocycles. The van der Waals surface area contributed by atoms with Gasteiger partial charge >= 0.3 is 5.97 Å². The second-order valence-electron chi connectivity index (χ2n) is 4.23. The molecule has 7 heteroatoms. The minimum atomic E-state index is -3.97. The Balaban J connectivity index is 2.10. The van der Waals surface area contributed by atoms with Crippen LogP contribution in [0.1, 0.15) is 25.7 Å². The summed E-state index contributed by atoms with van der Waals surface area (Å²) in [7, 11) is -3.97. The standard InChI is InChI=1S/C10H14N2O4S/c13-10(14)9-7(6-12-17(9,15)16)5-11-8-3-1-2-4-8/h6,8,11H,1-5H2,(H,13,14). The molecule has 0 aromatic rings. The normalized spacial score (nSPS) is 23.5. The molecule has 2 rings (SSSR count). The van der Waals surface area contributed by atoms with Crippen molar-refractivity contribution in [3.63, 3.8) is 0 Å². The number of aliphatic carboxylic acids is 1. The fourth-order valence-corrected chi connectivity index (χ4v) is 3.22. The Morgan fingerprint density at radius 1 is 1.47 bits per heavy atom. The van der Waals surface area contributed by atoms with Crippen molar-refractivity contribution in [3.8, 4) is 0 Å². The molecule has 1 fully saturated rings. The van der Waals surface area contributed by atoms with Crippen molar-refractivity contribution in [1.82, 2.24) is 5.32 Å². The van der Waals surface area contributed by atoms with Gasteiger partial charge in [0.25, 0.3) is 10.0 Å². The van der Waals surface area contributed by atoms with Crippen LogP contribution in [0.2, 0.25) is 0 Å². The van der Waals surface area contributed by atoms with Gasteiger partial charge in [-0.2, -0.15) is 12.8 Å². The summed E-state index contributed by atoms with van der Waals surface area (Å²) in [4.78, 5) is 10.3. The number of carbonyl (C=O) groups is 1. The molecule has 0 radical (unpaired) electrons. The van der Waals surface area contributed by atoms with Crippen molar-refractivity contribution < 1.29 is 18.3 Å². The molecule has 94 valence electrons. The Bertz CT molecular complexity index is 486. The number of rotatable bonds is 4. The summed E-state index contributed by atoms with van der Waals surface area (Å²) in [5.41, 5.74) is 0.240. The zero-order chi connectivity index (χ0) is 12.5. The van der Waals surface area contributed by atoms with Crippen LogP contribution in [0.4, 0.5) is 0 Å². The minimum absolute atomic E-state index is 0.240. The highest BCUT2D eigenvalue weighted by Crippen LogP contribution is 2.21. The molecule has 2 N–H and O–H groups in total. The molecule has 0 atom stereocenters. The fraction of sp³-hybridized carbons (Fsp3) is 0.600. The molecule has 2 aliphatic rings. The minimum Gasteiger partial charge on any atom is -0.477 e. The lowest BCUT2D eigenvalue weighted by molar-refractivity contribution is -0.131. The SMILES string of the molecule is O=C(O)C1=C(CNC2CCCC2)C=NS1(=O)=O. The van der Waals surface area contributed by atoms with Crippen LogP contribution in [-0.2, 0) is 14.8 Å². The average molecular weight is 258 g/mol. The van der Waals surface area contributed by atoms with Crippen LogP contribution in [0.5, 0.6) is 0 Å². The number of hydrogen-bond donors (Lipinski definition) is 2. The Hall–Kier alpha value is -1.21. The maximum atomic E-state index is 11.3. The van der Waals surface area contributed by atoms with Crippen molar-refractivity contribution in [2.75, 3.05) is 6.54 Å². The van der Waals surface area contributed by atoms with E-state index in [1.807, 2.05) is 0 Å². The highest BCUT2D eigenvalue weighted by Gasteiger charge is 2.32. The summed E-state index contributed by atoms with van der Waals surface area (Å²) in [5.74, 6) is -1.44. The summed E-state index contributed by atoms with van der Waals surface area (Å²) in [6.07, 6.45) is 5.56. The van der Waals surface area contributed by atoms with Gasteiger partial charge in [-0.1, -0.05) is 12.8 Å². The van der Waals surface area contributed by atoms with Crippen LogP contribution >= 0.6 is 0 Å². The van der Waals surface area contributed by atoms with E-state index in [0.29, 0.717) is 6.04 Å². The third-order valence-corrected chi connectivity index (χ3v) is 4.36. The van der Waals surface area contributed by atoms with E-state index in [-0.39, 0.29) is 12.1 Å². The number of sulfonamides is 1. The van der Waals surface area contributed by atoms with Gasteiger partial charge in [0.15, 0.2) is 4.91 Å². The molecule has 1 aliphatic carbocycles. The Kier molecular flexibility index (Phi) is 3.30. The van der Waals surface area contributed by atoms with Gasteiger partial charge < -0.3 is 10.4 Å². The molecule has 6 nitrogen and oxygen atoms in total. The number of carboxylic acids is 1. The van der Waals surface area contributed by atoms with Gasteiger partial charge in [-0.15, -0.1) is 0 Å². The quantitative estimate of drug-likeness (QED) is 0.754. The van der Waals surface area contributed by atoms with Crippen molar-refractivity contribution in [2.24, 2.45) is 4.40 Å². The van der Waals surface area contributed by atoms with Gasteiger partial charge in [-0.3, -0.25) is 0 Å². The maximum absolute atomic E-state index is 11.3. The second kappa shape index (κ2) is 4.58. The predicted molar refractivity (Wildman–Crippen MR) is 62.3 cm³/mol. The van der Waals surface area contributed by atoms with Crippen LogP contribution in [0.15, 0.2) is 14.9 Å². The van der Waals surface area contributed by atoms with Crippen molar-refractivity contribution in [3.05, 3.63) is 10.5 Å². The number of hydrogen-bond acceptors (Lipinski definition) is 4. The zero-order valence-corrected chi connectivity index (χ0v) is 10.0. The highest BCUT2D eigenvalue weighted by molar-refractivity contribution is 7.95. The molecule has 0 spiro atoms. The third kappa shape index (κ3) is 2.55. The third-order valence-electron chi connectivity index (χ3n) is 3.03. The van der Waals surface area contributed by atoms with Crippen molar-refractivity contribution >= 4 is 22.2 Å². The molecule has 0 aromatic carbocycles. The average Bonchev–Trinajstić information content (AvgIpc) is 2.81. The van der Waals surface area contributed by atoms with Gasteiger partial charge in [0.05, 0.1) is 0 Å². The van der Waals surface area contributed by atoms with E-state index in [1.165, 1.54) is 0 Å². The van der Waals surface area contributed by atoms with Crippen LogP contribution in [-0.4, -0.2) is 38.3 Å². The lowest BCUT2D eigenvalue weighted by atomic mass is 10.2. The Morgan fingerprint density at radius 2 is 2.12 bits per heavy atom.